The lowest BCUT2D eigenvalue weighted by Gasteiger charge is -2.26. The van der Waals surface area contributed by atoms with E-state index in [1.54, 1.807) is 11.3 Å². The van der Waals surface area contributed by atoms with Gasteiger partial charge in [0.1, 0.15) is 5.69 Å². The fourth-order valence-electron chi connectivity index (χ4n) is 3.54. The van der Waals surface area contributed by atoms with E-state index in [4.69, 9.17) is 4.74 Å². The molecular weight excluding hydrogens is 438 g/mol. The molecule has 2 aromatic heterocycles. The summed E-state index contributed by atoms with van der Waals surface area (Å²) in [6, 6.07) is 12.5. The zero-order valence-corrected chi connectivity index (χ0v) is 18.3. The number of aryl methyl sites for hydroxylation is 1. The Morgan fingerprint density at radius 3 is 2.71 bits per heavy atom. The first-order valence-corrected chi connectivity index (χ1v) is 11.1. The number of nitrogens with one attached hydrogen (secondary N) is 1. The van der Waals surface area contributed by atoms with Crippen LogP contribution in [0.3, 0.4) is 0 Å². The van der Waals surface area contributed by atoms with Gasteiger partial charge in [0.15, 0.2) is 0 Å². The molecule has 1 saturated heterocycles. The van der Waals surface area contributed by atoms with Crippen molar-refractivity contribution in [2.75, 3.05) is 39.4 Å². The zero-order chi connectivity index (χ0) is 19.5. The van der Waals surface area contributed by atoms with E-state index in [-0.39, 0.29) is 5.91 Å². The maximum atomic E-state index is 12.9. The third-order valence-corrected chi connectivity index (χ3v) is 6.53. The summed E-state index contributed by atoms with van der Waals surface area (Å²) in [6.45, 7) is 7.72. The van der Waals surface area contributed by atoms with Crippen LogP contribution in [0.5, 0.6) is 0 Å². The maximum absolute atomic E-state index is 12.9. The van der Waals surface area contributed by atoms with Crippen LogP contribution in [0.25, 0.3) is 10.2 Å². The average Bonchev–Trinajstić information content (AvgIpc) is 3.21. The lowest BCUT2D eigenvalue weighted by molar-refractivity contribution is 0.0383. The van der Waals surface area contributed by atoms with Crippen LogP contribution in [0.4, 0.5) is 0 Å². The Labute approximate surface area is 177 Å². The predicted octanol–water partition coefficient (Wildman–Crippen LogP) is 3.88. The van der Waals surface area contributed by atoms with E-state index in [1.807, 2.05) is 18.2 Å². The van der Waals surface area contributed by atoms with Crippen LogP contribution in [0.1, 0.15) is 20.9 Å². The highest BCUT2D eigenvalue weighted by molar-refractivity contribution is 9.10. The van der Waals surface area contributed by atoms with Crippen molar-refractivity contribution in [2.24, 2.45) is 0 Å². The van der Waals surface area contributed by atoms with E-state index in [2.05, 4.69) is 55.8 Å². The average molecular weight is 462 g/mol. The van der Waals surface area contributed by atoms with Crippen molar-refractivity contribution in [3.63, 3.8) is 0 Å². The summed E-state index contributed by atoms with van der Waals surface area (Å²) in [5, 5.41) is 3.10. The van der Waals surface area contributed by atoms with E-state index in [1.165, 1.54) is 10.4 Å². The third kappa shape index (κ3) is 4.49. The standard InChI is InChI=1S/C21H24BrN3O2S/c1-15-12-18-20(28-15)13-19(25(18)14-16-2-4-17(22)5-3-16)21(26)23-6-7-24-8-10-27-11-9-24/h2-5,12-13H,6-11,14H2,1H3,(H,23,26). The third-order valence-electron chi connectivity index (χ3n) is 5.02. The molecule has 0 radical (unpaired) electrons. The molecule has 3 aromatic rings. The SMILES string of the molecule is Cc1cc2c(cc(C(=O)NCCN3CCOCC3)n2Cc2ccc(Br)cc2)s1. The summed E-state index contributed by atoms with van der Waals surface area (Å²) in [7, 11) is 0. The van der Waals surface area contributed by atoms with Gasteiger partial charge in [-0.15, -0.1) is 11.3 Å². The monoisotopic (exact) mass is 461 g/mol. The first-order chi connectivity index (χ1) is 13.6. The largest absolute Gasteiger partial charge is 0.379 e. The molecule has 1 amide bonds. The van der Waals surface area contributed by atoms with Crippen molar-refractivity contribution >= 4 is 43.4 Å². The zero-order valence-electron chi connectivity index (χ0n) is 15.9. The van der Waals surface area contributed by atoms with Crippen molar-refractivity contribution < 1.29 is 9.53 Å². The first-order valence-electron chi connectivity index (χ1n) is 9.52. The van der Waals surface area contributed by atoms with Gasteiger partial charge in [-0.1, -0.05) is 28.1 Å². The molecule has 148 valence electrons. The quantitative estimate of drug-likeness (QED) is 0.605. The summed E-state index contributed by atoms with van der Waals surface area (Å²) in [5.41, 5.74) is 3.03. The number of aromatic nitrogens is 1. The van der Waals surface area contributed by atoms with Crippen molar-refractivity contribution in [1.29, 1.82) is 0 Å². The Hall–Kier alpha value is -1.67. The van der Waals surface area contributed by atoms with Gasteiger partial charge in [-0.25, -0.2) is 0 Å². The molecule has 3 heterocycles. The number of fused-ring (bicyclic) bond motifs is 1. The van der Waals surface area contributed by atoms with Crippen LogP contribution in [0.15, 0.2) is 40.9 Å². The molecule has 0 bridgehead atoms. The molecule has 4 rings (SSSR count). The number of halogens is 1. The number of rotatable bonds is 6. The minimum Gasteiger partial charge on any atom is -0.379 e. The second kappa shape index (κ2) is 8.78. The molecule has 1 aromatic carbocycles. The second-order valence-electron chi connectivity index (χ2n) is 7.06. The lowest BCUT2D eigenvalue weighted by Crippen LogP contribution is -2.41. The highest BCUT2D eigenvalue weighted by atomic mass is 79.9. The highest BCUT2D eigenvalue weighted by Crippen LogP contribution is 2.29. The molecule has 28 heavy (non-hydrogen) atoms. The molecule has 0 unspecified atom stereocenters. The molecule has 1 N–H and O–H groups in total. The number of benzene rings is 1. The van der Waals surface area contributed by atoms with Gasteiger partial charge >= 0.3 is 0 Å². The molecule has 0 aliphatic carbocycles. The van der Waals surface area contributed by atoms with Crippen LogP contribution in [-0.4, -0.2) is 54.8 Å². The number of carbonyl (C=O) groups is 1. The highest BCUT2D eigenvalue weighted by Gasteiger charge is 2.18. The summed E-state index contributed by atoms with van der Waals surface area (Å²) >= 11 is 5.22. The smallest absolute Gasteiger partial charge is 0.268 e. The molecule has 0 atom stereocenters. The van der Waals surface area contributed by atoms with Gasteiger partial charge in [-0.05, 0) is 36.8 Å². The number of morpholine rings is 1. The Kier molecular flexibility index (Phi) is 6.16. The van der Waals surface area contributed by atoms with E-state index >= 15 is 0 Å². The van der Waals surface area contributed by atoms with E-state index < -0.39 is 0 Å². The van der Waals surface area contributed by atoms with Crippen LogP contribution in [-0.2, 0) is 11.3 Å². The summed E-state index contributed by atoms with van der Waals surface area (Å²) in [4.78, 5) is 16.5. The van der Waals surface area contributed by atoms with Gasteiger partial charge in [0.2, 0.25) is 0 Å². The van der Waals surface area contributed by atoms with Crippen molar-refractivity contribution in [1.82, 2.24) is 14.8 Å². The first kappa shape index (κ1) is 19.6. The number of amides is 1. The van der Waals surface area contributed by atoms with E-state index in [9.17, 15) is 4.79 Å². The van der Waals surface area contributed by atoms with Crippen LogP contribution < -0.4 is 5.32 Å². The molecule has 0 saturated carbocycles. The topological polar surface area (TPSA) is 46.5 Å². The fraction of sp³-hybridized carbons (Fsp3) is 0.381. The van der Waals surface area contributed by atoms with Gasteiger partial charge in [0.05, 0.1) is 23.4 Å². The summed E-state index contributed by atoms with van der Waals surface area (Å²) in [6.07, 6.45) is 0. The molecule has 7 heteroatoms. The van der Waals surface area contributed by atoms with Gasteiger partial charge in [0.25, 0.3) is 5.91 Å². The lowest BCUT2D eigenvalue weighted by atomic mass is 10.2. The molecule has 0 spiro atoms. The number of hydrogen-bond acceptors (Lipinski definition) is 4. The normalized spacial score (nSPS) is 15.2. The maximum Gasteiger partial charge on any atom is 0.268 e. The Balaban J connectivity index is 1.51. The Morgan fingerprint density at radius 1 is 1.21 bits per heavy atom. The summed E-state index contributed by atoms with van der Waals surface area (Å²) < 4.78 is 9.72. The molecule has 1 aliphatic rings. The molecular formula is C21H24BrN3O2S. The van der Waals surface area contributed by atoms with Gasteiger partial charge < -0.3 is 14.6 Å². The summed E-state index contributed by atoms with van der Waals surface area (Å²) in [5.74, 6) is -0.00794. The van der Waals surface area contributed by atoms with Crippen LogP contribution in [0.2, 0.25) is 0 Å². The minimum absolute atomic E-state index is 0.00794. The van der Waals surface area contributed by atoms with Crippen LogP contribution >= 0.6 is 27.3 Å². The Morgan fingerprint density at radius 2 is 1.96 bits per heavy atom. The number of hydrogen-bond donors (Lipinski definition) is 1. The number of carbonyl (C=O) groups excluding carboxylic acids is 1. The van der Waals surface area contributed by atoms with E-state index in [0.717, 1.165) is 53.2 Å². The predicted molar refractivity (Wildman–Crippen MR) is 117 cm³/mol. The number of nitrogens with zero attached hydrogens (tertiary/aromatic N) is 2. The molecule has 5 nitrogen and oxygen atoms in total. The minimum atomic E-state index is -0.00794. The van der Waals surface area contributed by atoms with Gasteiger partial charge in [-0.3, -0.25) is 9.69 Å². The van der Waals surface area contributed by atoms with Crippen molar-refractivity contribution in [3.05, 3.63) is 57.0 Å². The van der Waals surface area contributed by atoms with Crippen molar-refractivity contribution in [2.45, 2.75) is 13.5 Å². The van der Waals surface area contributed by atoms with Gasteiger partial charge in [-0.2, -0.15) is 0 Å². The molecule has 1 aliphatic heterocycles. The fourth-order valence-corrected chi connectivity index (χ4v) is 4.76. The van der Waals surface area contributed by atoms with E-state index in [0.29, 0.717) is 13.1 Å². The Bertz CT molecular complexity index is 958. The number of thiophene rings is 1. The number of ether oxygens (including phenoxy) is 1. The van der Waals surface area contributed by atoms with Gasteiger partial charge in [0, 0.05) is 42.1 Å². The molecule has 1 fully saturated rings. The van der Waals surface area contributed by atoms with Crippen LogP contribution in [0, 0.1) is 6.92 Å². The van der Waals surface area contributed by atoms with Crippen molar-refractivity contribution in [3.8, 4) is 0 Å². The second-order valence-corrected chi connectivity index (χ2v) is 9.26.